The van der Waals surface area contributed by atoms with E-state index in [4.69, 9.17) is 11.6 Å². The van der Waals surface area contributed by atoms with E-state index in [0.717, 1.165) is 17.7 Å². The molecule has 1 aliphatic heterocycles. The largest absolute Gasteiger partial charge is 0.573 e. The Kier molecular flexibility index (Phi) is 7.23. The number of rotatable bonds is 6. The van der Waals surface area contributed by atoms with Crippen molar-refractivity contribution in [2.45, 2.75) is 12.9 Å². The number of carbonyl (C=O) groups is 1. The number of alkyl halides is 3. The van der Waals surface area contributed by atoms with Gasteiger partial charge in [0.2, 0.25) is 10.9 Å². The van der Waals surface area contributed by atoms with Gasteiger partial charge in [0.05, 0.1) is 10.7 Å². The Morgan fingerprint density at radius 1 is 1.16 bits per heavy atom. The third kappa shape index (κ3) is 6.71. The van der Waals surface area contributed by atoms with Crippen molar-refractivity contribution in [2.24, 2.45) is 0 Å². The molecule has 1 aliphatic rings. The van der Waals surface area contributed by atoms with Crippen molar-refractivity contribution in [1.82, 2.24) is 14.8 Å². The molecule has 0 atom stereocenters. The van der Waals surface area contributed by atoms with E-state index in [1.54, 1.807) is 12.3 Å². The highest BCUT2D eigenvalue weighted by Crippen LogP contribution is 2.32. The summed E-state index contributed by atoms with van der Waals surface area (Å²) in [6, 6.07) is 4.99. The van der Waals surface area contributed by atoms with E-state index < -0.39 is 34.6 Å². The molecule has 0 unspecified atom stereocenters. The molecule has 1 amide bonds. The van der Waals surface area contributed by atoms with E-state index in [-0.39, 0.29) is 5.56 Å². The summed E-state index contributed by atoms with van der Waals surface area (Å²) in [4.78, 5) is 20.4. The van der Waals surface area contributed by atoms with Crippen molar-refractivity contribution in [3.63, 3.8) is 0 Å². The highest BCUT2D eigenvalue weighted by Gasteiger charge is 2.33. The molecule has 2 aromatic rings. The Bertz CT molecular complexity index is 1020. The van der Waals surface area contributed by atoms with Crippen molar-refractivity contribution >= 4 is 34.1 Å². The molecule has 13 heteroatoms. The molecule has 8 nitrogen and oxygen atoms in total. The van der Waals surface area contributed by atoms with Gasteiger partial charge in [-0.15, -0.1) is 13.2 Å². The maximum atomic E-state index is 12.8. The van der Waals surface area contributed by atoms with Gasteiger partial charge >= 0.3 is 6.36 Å². The van der Waals surface area contributed by atoms with Crippen molar-refractivity contribution in [2.75, 3.05) is 30.9 Å². The molecule has 1 fully saturated rings. The van der Waals surface area contributed by atoms with E-state index in [2.05, 4.69) is 14.6 Å². The van der Waals surface area contributed by atoms with Crippen LogP contribution in [0, 0.1) is 0 Å². The van der Waals surface area contributed by atoms with Crippen LogP contribution in [0.5, 0.6) is 5.75 Å². The lowest BCUT2D eigenvalue weighted by Crippen LogP contribution is -2.48. The van der Waals surface area contributed by atoms with Gasteiger partial charge in [-0.25, -0.2) is 8.42 Å². The summed E-state index contributed by atoms with van der Waals surface area (Å²) in [6.07, 6.45) is -1.81. The van der Waals surface area contributed by atoms with Crippen LogP contribution in [0.2, 0.25) is 5.02 Å². The Hall–Kier alpha value is -2.57. The molecule has 0 spiro atoms. The first-order valence-electron chi connectivity index (χ1n) is 9.02. The minimum Gasteiger partial charge on any atom is -0.404 e. The lowest BCUT2D eigenvalue weighted by molar-refractivity contribution is -0.274. The van der Waals surface area contributed by atoms with Crippen LogP contribution in [-0.4, -0.2) is 61.7 Å². The number of aromatic nitrogens is 1. The van der Waals surface area contributed by atoms with Crippen LogP contribution in [-0.2, 0) is 17.4 Å². The molecular formula is C18H18ClF3N4O4S. The van der Waals surface area contributed by atoms with E-state index in [0.29, 0.717) is 37.7 Å². The van der Waals surface area contributed by atoms with Crippen LogP contribution in [0.4, 0.5) is 18.9 Å². The molecule has 1 aromatic heterocycles. The van der Waals surface area contributed by atoms with Gasteiger partial charge < -0.3 is 9.64 Å². The minimum atomic E-state index is -5.05. The second-order valence-corrected chi connectivity index (χ2v) is 7.88. The van der Waals surface area contributed by atoms with Crippen LogP contribution in [0.1, 0.15) is 15.9 Å². The summed E-state index contributed by atoms with van der Waals surface area (Å²) in [7, 11) is -3.21. The molecule has 0 radical (unpaired) electrons. The second-order valence-electron chi connectivity index (χ2n) is 6.71. The number of anilines is 1. The number of thiol groups is 1. The molecule has 1 aromatic carbocycles. The third-order valence-electron chi connectivity index (χ3n) is 4.49. The van der Waals surface area contributed by atoms with Gasteiger partial charge in [-0.1, -0.05) is 11.6 Å². The second kappa shape index (κ2) is 9.71. The predicted molar refractivity (Wildman–Crippen MR) is 107 cm³/mol. The minimum absolute atomic E-state index is 0.0431. The number of hydrogen-bond donors (Lipinski definition) is 2. The van der Waals surface area contributed by atoms with Crippen molar-refractivity contribution < 1.29 is 31.1 Å². The standard InChI is InChI=1S/C18H18ClF3N4O4S/c19-14-7-12(9-23-10-14)11-25-3-5-26(6-4-25)17(27)13-1-2-15(24-31(28)29)16(8-13)30-18(20,21)22/h1-2,7-10,31H,3-6,11H2,(H,24,28,29). The maximum absolute atomic E-state index is 12.8. The number of carbonyl (C=O) groups excluding carboxylic acids is 1. The predicted octanol–water partition coefficient (Wildman–Crippen LogP) is 2.53. The number of halogens is 4. The molecule has 3 rings (SSSR count). The molecule has 31 heavy (non-hydrogen) atoms. The Morgan fingerprint density at radius 3 is 2.48 bits per heavy atom. The average molecular weight is 479 g/mol. The summed E-state index contributed by atoms with van der Waals surface area (Å²) >= 11 is 5.93. The van der Waals surface area contributed by atoms with E-state index in [1.165, 1.54) is 17.2 Å². The van der Waals surface area contributed by atoms with Gasteiger partial charge in [-0.3, -0.25) is 19.4 Å². The van der Waals surface area contributed by atoms with E-state index in [1.807, 2.05) is 4.72 Å². The van der Waals surface area contributed by atoms with Crippen LogP contribution < -0.4 is 9.46 Å². The molecule has 1 saturated heterocycles. The van der Waals surface area contributed by atoms with Gasteiger partial charge in [-0.2, -0.15) is 0 Å². The topological polar surface area (TPSA) is 91.8 Å². The van der Waals surface area contributed by atoms with Crippen LogP contribution in [0.25, 0.3) is 0 Å². The lowest BCUT2D eigenvalue weighted by atomic mass is 10.1. The van der Waals surface area contributed by atoms with Gasteiger partial charge in [0.1, 0.15) is 0 Å². The van der Waals surface area contributed by atoms with Crippen molar-refractivity contribution in [1.29, 1.82) is 0 Å². The first kappa shape index (κ1) is 23.1. The van der Waals surface area contributed by atoms with Crippen molar-refractivity contribution in [3.05, 3.63) is 52.8 Å². The van der Waals surface area contributed by atoms with Crippen LogP contribution >= 0.6 is 11.6 Å². The molecule has 2 heterocycles. The summed E-state index contributed by atoms with van der Waals surface area (Å²) in [5, 5.41) is 0.530. The third-order valence-corrected chi connectivity index (χ3v) is 5.12. The lowest BCUT2D eigenvalue weighted by Gasteiger charge is -2.34. The fourth-order valence-corrected chi connectivity index (χ4v) is 3.73. The monoisotopic (exact) mass is 478 g/mol. The van der Waals surface area contributed by atoms with Crippen molar-refractivity contribution in [3.8, 4) is 5.75 Å². The zero-order chi connectivity index (χ0) is 22.6. The first-order valence-corrected chi connectivity index (χ1v) is 10.6. The molecule has 1 N–H and O–H groups in total. The van der Waals surface area contributed by atoms with Crippen LogP contribution in [0.3, 0.4) is 0 Å². The molecule has 0 bridgehead atoms. The fourth-order valence-electron chi connectivity index (χ4n) is 3.15. The van der Waals surface area contributed by atoms with Gasteiger partial charge in [0, 0.05) is 50.7 Å². The maximum Gasteiger partial charge on any atom is 0.573 e. The highest BCUT2D eigenvalue weighted by molar-refractivity contribution is 7.73. The first-order chi connectivity index (χ1) is 14.6. The number of amides is 1. The van der Waals surface area contributed by atoms with Gasteiger partial charge in [0.25, 0.3) is 5.91 Å². The van der Waals surface area contributed by atoms with E-state index in [9.17, 15) is 26.4 Å². The molecular weight excluding hydrogens is 461 g/mol. The summed E-state index contributed by atoms with van der Waals surface area (Å²) in [5.74, 6) is -1.28. The Labute approximate surface area is 182 Å². The Morgan fingerprint density at radius 2 is 1.87 bits per heavy atom. The van der Waals surface area contributed by atoms with Gasteiger partial charge in [0.15, 0.2) is 5.75 Å². The summed E-state index contributed by atoms with van der Waals surface area (Å²) in [5.41, 5.74) is 0.476. The number of pyridine rings is 1. The zero-order valence-electron chi connectivity index (χ0n) is 15.9. The Balaban J connectivity index is 1.67. The summed E-state index contributed by atoms with van der Waals surface area (Å²) in [6.45, 7) is 2.46. The average Bonchev–Trinajstić information content (AvgIpc) is 2.68. The number of benzene rings is 1. The summed E-state index contributed by atoms with van der Waals surface area (Å²) < 4.78 is 65.4. The quantitative estimate of drug-likeness (QED) is 0.620. The SMILES string of the molecule is O=C(c1ccc(N[SH](=O)=O)c(OC(F)(F)F)c1)N1CCN(Cc2cncc(Cl)c2)CC1. The van der Waals surface area contributed by atoms with E-state index >= 15 is 0 Å². The number of nitrogens with zero attached hydrogens (tertiary/aromatic N) is 3. The van der Waals surface area contributed by atoms with Crippen LogP contribution in [0.15, 0.2) is 36.7 Å². The number of nitrogens with one attached hydrogen (secondary N) is 1. The smallest absolute Gasteiger partial charge is 0.404 e. The number of piperazine rings is 1. The zero-order valence-corrected chi connectivity index (χ0v) is 17.6. The van der Waals surface area contributed by atoms with Gasteiger partial charge in [-0.05, 0) is 29.8 Å². The highest BCUT2D eigenvalue weighted by atomic mass is 35.5. The number of hydrogen-bond acceptors (Lipinski definition) is 6. The normalized spacial score (nSPS) is 15.2. The molecule has 0 aliphatic carbocycles. The fraction of sp³-hybridized carbons (Fsp3) is 0.333. The molecule has 0 saturated carbocycles. The number of ether oxygens (including phenoxy) is 1. The molecule has 168 valence electrons.